The first-order valence-corrected chi connectivity index (χ1v) is 6.26. The van der Waals surface area contributed by atoms with Crippen molar-refractivity contribution in [3.05, 3.63) is 60.8 Å². The number of benzene rings is 1. The zero-order valence-corrected chi connectivity index (χ0v) is 10.7. The van der Waals surface area contributed by atoms with Crippen molar-refractivity contribution < 1.29 is 9.85 Å². The van der Waals surface area contributed by atoms with Crippen LogP contribution in [0.1, 0.15) is 5.56 Å². The molecular weight excluding hydrogens is 284 g/mol. The maximum atomic E-state index is 10.9. The van der Waals surface area contributed by atoms with Crippen LogP contribution >= 0.6 is 11.3 Å². The lowest BCUT2D eigenvalue weighted by atomic mass is 10.2. The van der Waals surface area contributed by atoms with Gasteiger partial charge in [-0.05, 0) is 22.9 Å². The summed E-state index contributed by atoms with van der Waals surface area (Å²) < 4.78 is 0. The van der Waals surface area contributed by atoms with Gasteiger partial charge in [-0.2, -0.15) is 16.4 Å². The van der Waals surface area contributed by atoms with E-state index in [0.29, 0.717) is 0 Å². The highest BCUT2D eigenvalue weighted by Crippen LogP contribution is 2.28. The van der Waals surface area contributed by atoms with E-state index in [1.165, 1.54) is 29.7 Å². The smallest absolute Gasteiger partial charge is 0.272 e. The number of non-ortho nitro benzene ring substituents is 1. The van der Waals surface area contributed by atoms with Gasteiger partial charge >= 0.3 is 5.69 Å². The Morgan fingerprint density at radius 2 is 2.00 bits per heavy atom. The molecule has 0 aliphatic carbocycles. The largest absolute Gasteiger partial charge is 0.301 e. The van der Waals surface area contributed by atoms with E-state index in [-0.39, 0.29) is 11.4 Å². The molecule has 1 heterocycles. The third kappa shape index (κ3) is 3.14. The maximum Gasteiger partial charge on any atom is 0.301 e. The number of rotatable bonds is 5. The Hall–Kier alpha value is -2.81. The molecule has 0 aliphatic heterocycles. The Morgan fingerprint density at radius 1 is 1.20 bits per heavy atom. The molecule has 0 atom stereocenters. The number of nitrogens with one attached hydrogen (secondary N) is 1. The summed E-state index contributed by atoms with van der Waals surface area (Å²) in [7, 11) is 0. The number of nitrogens with zero attached hydrogens (tertiary/aromatic N) is 3. The van der Waals surface area contributed by atoms with Gasteiger partial charge < -0.3 is 0 Å². The van der Waals surface area contributed by atoms with Crippen molar-refractivity contribution in [3.8, 4) is 0 Å². The number of thiophene rings is 1. The van der Waals surface area contributed by atoms with Crippen LogP contribution in [0, 0.1) is 20.2 Å². The lowest BCUT2D eigenvalue weighted by Crippen LogP contribution is -1.98. The second-order valence-electron chi connectivity index (χ2n) is 3.64. The van der Waals surface area contributed by atoms with E-state index in [2.05, 4.69) is 10.5 Å². The van der Waals surface area contributed by atoms with Crippen LogP contribution in [0.3, 0.4) is 0 Å². The molecule has 0 saturated carbocycles. The Kier molecular flexibility index (Phi) is 4.01. The van der Waals surface area contributed by atoms with E-state index in [4.69, 9.17) is 0 Å². The van der Waals surface area contributed by atoms with Crippen molar-refractivity contribution in [3.63, 3.8) is 0 Å². The normalized spacial score (nSPS) is 10.6. The van der Waals surface area contributed by atoms with Gasteiger partial charge in [0.1, 0.15) is 5.69 Å². The van der Waals surface area contributed by atoms with Gasteiger partial charge in [-0.25, -0.2) is 0 Å². The number of nitro benzene ring substituents is 2. The zero-order chi connectivity index (χ0) is 14.5. The average Bonchev–Trinajstić information content (AvgIpc) is 2.91. The van der Waals surface area contributed by atoms with E-state index in [0.717, 1.165) is 11.6 Å². The van der Waals surface area contributed by atoms with E-state index in [1.807, 2.05) is 16.8 Å². The highest BCUT2D eigenvalue weighted by atomic mass is 32.1. The second kappa shape index (κ2) is 5.89. The number of hydrazone groups is 1. The summed E-state index contributed by atoms with van der Waals surface area (Å²) in [5.41, 5.74) is 2.71. The predicted octanol–water partition coefficient (Wildman–Crippen LogP) is 3.01. The van der Waals surface area contributed by atoms with Gasteiger partial charge in [0.25, 0.3) is 5.69 Å². The molecule has 0 aliphatic rings. The molecule has 0 saturated heterocycles. The fourth-order valence-corrected chi connectivity index (χ4v) is 2.01. The third-order valence-corrected chi connectivity index (χ3v) is 3.03. The maximum absolute atomic E-state index is 10.9. The predicted molar refractivity (Wildman–Crippen MR) is 75.3 cm³/mol. The van der Waals surface area contributed by atoms with Crippen LogP contribution in [0.2, 0.25) is 0 Å². The minimum absolute atomic E-state index is 0.0899. The van der Waals surface area contributed by atoms with Crippen molar-refractivity contribution in [2.45, 2.75) is 0 Å². The minimum atomic E-state index is -0.699. The van der Waals surface area contributed by atoms with Gasteiger partial charge in [0.05, 0.1) is 22.1 Å². The molecule has 0 spiro atoms. The lowest BCUT2D eigenvalue weighted by molar-refractivity contribution is -0.393. The molecule has 2 aromatic rings. The molecule has 20 heavy (non-hydrogen) atoms. The Bertz CT molecular complexity index is 669. The monoisotopic (exact) mass is 292 g/mol. The lowest BCUT2D eigenvalue weighted by Gasteiger charge is -2.01. The Morgan fingerprint density at radius 3 is 2.60 bits per heavy atom. The van der Waals surface area contributed by atoms with Crippen molar-refractivity contribution in [1.82, 2.24) is 0 Å². The average molecular weight is 292 g/mol. The second-order valence-corrected chi connectivity index (χ2v) is 4.42. The standard InChI is InChI=1S/C11H8N4O4S/c16-14(17)9-1-2-10(11(5-9)15(18)19)13-12-6-8-3-4-20-7-8/h1-7,13H/b12-6-. The zero-order valence-electron chi connectivity index (χ0n) is 9.92. The molecule has 0 unspecified atom stereocenters. The number of hydrogen-bond donors (Lipinski definition) is 1. The summed E-state index contributed by atoms with van der Waals surface area (Å²) in [4.78, 5) is 20.1. The van der Waals surface area contributed by atoms with E-state index < -0.39 is 15.5 Å². The Balaban J connectivity index is 2.22. The van der Waals surface area contributed by atoms with Crippen molar-refractivity contribution >= 4 is 34.6 Å². The molecule has 0 radical (unpaired) electrons. The third-order valence-electron chi connectivity index (χ3n) is 2.33. The van der Waals surface area contributed by atoms with E-state index >= 15 is 0 Å². The quantitative estimate of drug-likeness (QED) is 0.517. The summed E-state index contributed by atoms with van der Waals surface area (Å²) in [5.74, 6) is 0. The molecule has 1 aromatic carbocycles. The molecule has 102 valence electrons. The SMILES string of the molecule is O=[N+]([O-])c1ccc(N/N=C\c2ccsc2)c([N+](=O)[O-])c1. The van der Waals surface area contributed by atoms with Crippen molar-refractivity contribution in [2.75, 3.05) is 5.43 Å². The van der Waals surface area contributed by atoms with Crippen LogP contribution in [0.15, 0.2) is 40.1 Å². The fraction of sp³-hybridized carbons (Fsp3) is 0. The highest BCUT2D eigenvalue weighted by Gasteiger charge is 2.18. The van der Waals surface area contributed by atoms with Crippen molar-refractivity contribution in [1.29, 1.82) is 0 Å². The van der Waals surface area contributed by atoms with Crippen LogP contribution in [0.25, 0.3) is 0 Å². The molecule has 8 nitrogen and oxygen atoms in total. The highest BCUT2D eigenvalue weighted by molar-refractivity contribution is 7.08. The number of anilines is 1. The van der Waals surface area contributed by atoms with Gasteiger partial charge in [0.15, 0.2) is 0 Å². The molecule has 0 fully saturated rings. The van der Waals surface area contributed by atoms with Gasteiger partial charge in [-0.1, -0.05) is 0 Å². The Labute approximate surface area is 116 Å². The van der Waals surface area contributed by atoms with Gasteiger partial charge in [0.2, 0.25) is 0 Å². The summed E-state index contributed by atoms with van der Waals surface area (Å²) in [6.45, 7) is 0. The molecule has 0 amide bonds. The molecule has 1 N–H and O–H groups in total. The molecule has 2 rings (SSSR count). The molecular formula is C11H8N4O4S. The van der Waals surface area contributed by atoms with Crippen LogP contribution in [0.4, 0.5) is 17.1 Å². The first-order chi connectivity index (χ1) is 9.58. The summed E-state index contributed by atoms with van der Waals surface area (Å²) in [6, 6.07) is 5.15. The van der Waals surface area contributed by atoms with Crippen LogP contribution < -0.4 is 5.43 Å². The summed E-state index contributed by atoms with van der Waals surface area (Å²) in [5, 5.41) is 29.1. The van der Waals surface area contributed by atoms with Gasteiger partial charge in [-0.3, -0.25) is 25.7 Å². The molecule has 1 aromatic heterocycles. The first kappa shape index (κ1) is 13.6. The topological polar surface area (TPSA) is 111 Å². The first-order valence-electron chi connectivity index (χ1n) is 5.32. The van der Waals surface area contributed by atoms with Crippen LogP contribution in [-0.2, 0) is 0 Å². The van der Waals surface area contributed by atoms with Crippen LogP contribution in [-0.4, -0.2) is 16.1 Å². The number of nitro groups is 2. The van der Waals surface area contributed by atoms with E-state index in [9.17, 15) is 20.2 Å². The molecule has 0 bridgehead atoms. The van der Waals surface area contributed by atoms with Crippen molar-refractivity contribution in [2.24, 2.45) is 5.10 Å². The van der Waals surface area contributed by atoms with Gasteiger partial charge in [0, 0.05) is 11.6 Å². The van der Waals surface area contributed by atoms with Gasteiger partial charge in [-0.15, -0.1) is 0 Å². The minimum Gasteiger partial charge on any atom is -0.272 e. The number of hydrogen-bond acceptors (Lipinski definition) is 7. The fourth-order valence-electron chi connectivity index (χ4n) is 1.40. The summed E-state index contributed by atoms with van der Waals surface area (Å²) in [6.07, 6.45) is 1.50. The van der Waals surface area contributed by atoms with Crippen LogP contribution in [0.5, 0.6) is 0 Å². The molecule has 9 heteroatoms. The van der Waals surface area contributed by atoms with E-state index in [1.54, 1.807) is 0 Å². The summed E-state index contributed by atoms with van der Waals surface area (Å²) >= 11 is 1.50.